The minimum Gasteiger partial charge on any atom is -0.393 e. The summed E-state index contributed by atoms with van der Waals surface area (Å²) in [6.45, 7) is 5.28. The molecule has 0 aromatic heterocycles. The Kier molecular flexibility index (Phi) is 5.52. The number of nitrogens with zero attached hydrogens (tertiary/aromatic N) is 2. The van der Waals surface area contributed by atoms with Gasteiger partial charge in [-0.15, -0.1) is 0 Å². The van der Waals surface area contributed by atoms with Crippen LogP contribution in [0.5, 0.6) is 0 Å². The molecule has 0 saturated carbocycles. The maximum Gasteiger partial charge on any atom is 0.269 e. The Morgan fingerprint density at radius 2 is 2.14 bits per heavy atom. The van der Waals surface area contributed by atoms with E-state index in [1.807, 2.05) is 0 Å². The smallest absolute Gasteiger partial charge is 0.269 e. The Morgan fingerprint density at radius 1 is 1.43 bits per heavy atom. The molecule has 1 fully saturated rings. The molecule has 2 N–H and O–H groups in total. The molecule has 1 heterocycles. The lowest BCUT2D eigenvalue weighted by molar-refractivity contribution is -0.384. The summed E-state index contributed by atoms with van der Waals surface area (Å²) in [6.07, 6.45) is 2.34. The SMILES string of the molecule is CCCNc1ccc([N+](=O)[O-])cc1CN1CCC(O)CC1. The van der Waals surface area contributed by atoms with Crippen LogP contribution in [0.25, 0.3) is 0 Å². The minimum atomic E-state index is -0.354. The molecule has 2 rings (SSSR count). The van der Waals surface area contributed by atoms with Gasteiger partial charge in [0, 0.05) is 44.0 Å². The number of benzene rings is 1. The summed E-state index contributed by atoms with van der Waals surface area (Å²) in [6, 6.07) is 4.99. The number of hydrogen-bond donors (Lipinski definition) is 2. The topological polar surface area (TPSA) is 78.6 Å². The molecule has 0 atom stereocenters. The number of piperidine rings is 1. The number of non-ortho nitro benzene ring substituents is 1. The summed E-state index contributed by atoms with van der Waals surface area (Å²) in [4.78, 5) is 12.8. The number of hydrogen-bond acceptors (Lipinski definition) is 5. The summed E-state index contributed by atoms with van der Waals surface area (Å²) in [5, 5.41) is 23.8. The molecule has 1 aliphatic rings. The lowest BCUT2D eigenvalue weighted by atomic mass is 10.1. The highest BCUT2D eigenvalue weighted by Gasteiger charge is 2.19. The van der Waals surface area contributed by atoms with E-state index in [0.717, 1.165) is 50.1 Å². The van der Waals surface area contributed by atoms with Crippen molar-refractivity contribution >= 4 is 11.4 Å². The number of aliphatic hydroxyl groups excluding tert-OH is 1. The highest BCUT2D eigenvalue weighted by molar-refractivity contribution is 5.56. The molecule has 1 aromatic rings. The van der Waals surface area contributed by atoms with Gasteiger partial charge in [0.25, 0.3) is 5.69 Å². The fourth-order valence-corrected chi connectivity index (χ4v) is 2.57. The number of nitro benzene ring substituents is 1. The van der Waals surface area contributed by atoms with Crippen LogP contribution in [0.15, 0.2) is 18.2 Å². The maximum absolute atomic E-state index is 11.0. The summed E-state index contributed by atoms with van der Waals surface area (Å²) in [5.41, 5.74) is 2.05. The van der Waals surface area contributed by atoms with Gasteiger partial charge in [0.05, 0.1) is 11.0 Å². The third kappa shape index (κ3) is 4.41. The van der Waals surface area contributed by atoms with Gasteiger partial charge >= 0.3 is 0 Å². The third-order valence-corrected chi connectivity index (χ3v) is 3.82. The highest BCUT2D eigenvalue weighted by atomic mass is 16.6. The van der Waals surface area contributed by atoms with E-state index in [2.05, 4.69) is 17.1 Å². The standard InChI is InChI=1S/C15H23N3O3/c1-2-7-16-15-4-3-13(18(20)21)10-12(15)11-17-8-5-14(19)6-9-17/h3-4,10,14,16,19H,2,5-9,11H2,1H3. The Bertz CT molecular complexity index is 485. The lowest BCUT2D eigenvalue weighted by Gasteiger charge is -2.30. The van der Waals surface area contributed by atoms with Crippen molar-refractivity contribution in [1.29, 1.82) is 0 Å². The Balaban J connectivity index is 2.13. The molecular formula is C15H23N3O3. The number of aliphatic hydroxyl groups is 1. The highest BCUT2D eigenvalue weighted by Crippen LogP contribution is 2.25. The van der Waals surface area contributed by atoms with Gasteiger partial charge in [0.15, 0.2) is 0 Å². The molecule has 6 nitrogen and oxygen atoms in total. The average Bonchev–Trinajstić information content (AvgIpc) is 2.48. The van der Waals surface area contributed by atoms with Crippen molar-refractivity contribution in [3.8, 4) is 0 Å². The summed E-state index contributed by atoms with van der Waals surface area (Å²) >= 11 is 0. The summed E-state index contributed by atoms with van der Waals surface area (Å²) < 4.78 is 0. The van der Waals surface area contributed by atoms with Crippen LogP contribution in [-0.2, 0) is 6.54 Å². The van der Waals surface area contributed by atoms with Crippen molar-refractivity contribution < 1.29 is 10.0 Å². The average molecular weight is 293 g/mol. The van der Waals surface area contributed by atoms with Crippen LogP contribution >= 0.6 is 0 Å². The van der Waals surface area contributed by atoms with E-state index in [4.69, 9.17) is 0 Å². The zero-order chi connectivity index (χ0) is 15.2. The summed E-state index contributed by atoms with van der Waals surface area (Å²) in [5.74, 6) is 0. The van der Waals surface area contributed by atoms with Crippen LogP contribution in [0, 0.1) is 10.1 Å². The second-order valence-corrected chi connectivity index (χ2v) is 5.53. The quantitative estimate of drug-likeness (QED) is 0.622. The number of nitro groups is 1. The molecule has 1 aromatic carbocycles. The van der Waals surface area contributed by atoms with Gasteiger partial charge in [-0.1, -0.05) is 6.92 Å². The second kappa shape index (κ2) is 7.38. The van der Waals surface area contributed by atoms with Crippen molar-refractivity contribution in [2.24, 2.45) is 0 Å². The lowest BCUT2D eigenvalue weighted by Crippen LogP contribution is -2.35. The van der Waals surface area contributed by atoms with E-state index in [1.54, 1.807) is 18.2 Å². The van der Waals surface area contributed by atoms with E-state index in [1.165, 1.54) is 0 Å². The first-order valence-electron chi connectivity index (χ1n) is 7.51. The van der Waals surface area contributed by atoms with E-state index >= 15 is 0 Å². The Hall–Kier alpha value is -1.66. The van der Waals surface area contributed by atoms with Gasteiger partial charge in [-0.2, -0.15) is 0 Å². The molecule has 21 heavy (non-hydrogen) atoms. The molecule has 0 radical (unpaired) electrons. The first-order valence-corrected chi connectivity index (χ1v) is 7.51. The molecule has 0 unspecified atom stereocenters. The maximum atomic E-state index is 11.0. The van der Waals surface area contributed by atoms with Crippen molar-refractivity contribution in [3.63, 3.8) is 0 Å². The van der Waals surface area contributed by atoms with Gasteiger partial charge in [-0.05, 0) is 30.9 Å². The molecule has 116 valence electrons. The van der Waals surface area contributed by atoms with Crippen LogP contribution < -0.4 is 5.32 Å². The van der Waals surface area contributed by atoms with Gasteiger partial charge in [-0.25, -0.2) is 0 Å². The monoisotopic (exact) mass is 293 g/mol. The van der Waals surface area contributed by atoms with Crippen molar-refractivity contribution in [1.82, 2.24) is 4.90 Å². The minimum absolute atomic E-state index is 0.129. The summed E-state index contributed by atoms with van der Waals surface area (Å²) in [7, 11) is 0. The van der Waals surface area contributed by atoms with Crippen molar-refractivity contribution in [2.45, 2.75) is 38.8 Å². The molecule has 0 spiro atoms. The Labute approximate surface area is 124 Å². The van der Waals surface area contributed by atoms with Gasteiger partial charge < -0.3 is 10.4 Å². The van der Waals surface area contributed by atoms with Gasteiger partial charge in [0.2, 0.25) is 0 Å². The number of nitrogens with one attached hydrogen (secondary N) is 1. The number of likely N-dealkylation sites (tertiary alicyclic amines) is 1. The fourth-order valence-electron chi connectivity index (χ4n) is 2.57. The fraction of sp³-hybridized carbons (Fsp3) is 0.600. The van der Waals surface area contributed by atoms with Crippen LogP contribution in [0.3, 0.4) is 0 Å². The molecule has 0 bridgehead atoms. The van der Waals surface area contributed by atoms with E-state index < -0.39 is 0 Å². The van der Waals surface area contributed by atoms with Gasteiger partial charge in [-0.3, -0.25) is 15.0 Å². The molecular weight excluding hydrogens is 270 g/mol. The normalized spacial score (nSPS) is 16.9. The molecule has 1 saturated heterocycles. The zero-order valence-corrected chi connectivity index (χ0v) is 12.4. The van der Waals surface area contributed by atoms with Crippen molar-refractivity contribution in [3.05, 3.63) is 33.9 Å². The van der Waals surface area contributed by atoms with E-state index in [-0.39, 0.29) is 16.7 Å². The van der Waals surface area contributed by atoms with Crippen LogP contribution in [0.2, 0.25) is 0 Å². The van der Waals surface area contributed by atoms with Crippen molar-refractivity contribution in [2.75, 3.05) is 25.0 Å². The number of rotatable bonds is 6. The molecule has 0 aliphatic carbocycles. The predicted molar refractivity (Wildman–Crippen MR) is 82.4 cm³/mol. The number of anilines is 1. The third-order valence-electron chi connectivity index (χ3n) is 3.82. The molecule has 6 heteroatoms. The molecule has 0 amide bonds. The van der Waals surface area contributed by atoms with Crippen LogP contribution in [-0.4, -0.2) is 40.7 Å². The van der Waals surface area contributed by atoms with Gasteiger partial charge in [0.1, 0.15) is 0 Å². The Morgan fingerprint density at radius 3 is 2.76 bits per heavy atom. The van der Waals surface area contributed by atoms with E-state index in [0.29, 0.717) is 6.54 Å². The second-order valence-electron chi connectivity index (χ2n) is 5.53. The zero-order valence-electron chi connectivity index (χ0n) is 12.4. The molecule has 1 aliphatic heterocycles. The van der Waals surface area contributed by atoms with Crippen LogP contribution in [0.4, 0.5) is 11.4 Å². The van der Waals surface area contributed by atoms with E-state index in [9.17, 15) is 15.2 Å². The first-order chi connectivity index (χ1) is 10.1. The first kappa shape index (κ1) is 15.7. The largest absolute Gasteiger partial charge is 0.393 e. The van der Waals surface area contributed by atoms with Crippen LogP contribution in [0.1, 0.15) is 31.7 Å². The predicted octanol–water partition coefficient (Wildman–Crippen LogP) is 2.37.